The molecule has 142 valence electrons. The van der Waals surface area contributed by atoms with E-state index in [-0.39, 0.29) is 16.7 Å². The van der Waals surface area contributed by atoms with E-state index in [0.29, 0.717) is 19.1 Å². The van der Waals surface area contributed by atoms with E-state index in [2.05, 4.69) is 16.3 Å². The smallest absolute Gasteiger partial charge is 0.231 e. The van der Waals surface area contributed by atoms with Gasteiger partial charge in [-0.3, -0.25) is 4.79 Å². The van der Waals surface area contributed by atoms with Gasteiger partial charge in [0.05, 0.1) is 32.3 Å². The summed E-state index contributed by atoms with van der Waals surface area (Å²) in [5, 5.41) is 3.31. The zero-order valence-corrected chi connectivity index (χ0v) is 15.6. The standard InChI is InChI=1S/C20H28N2O4/c1-24-13-20-12-22(8-16(20)9-26-14-20)18(23)19(10-21-11-19)7-15-4-3-5-17(6-15)25-2/h3-6,16,21H,7-14H2,1-2H3/t16-,20-/m0/s1. The molecule has 3 aliphatic rings. The molecule has 0 radical (unpaired) electrons. The fourth-order valence-electron chi connectivity index (χ4n) is 4.77. The number of likely N-dealkylation sites (tertiary alicyclic amines) is 1. The number of nitrogens with zero attached hydrogens (tertiary/aromatic N) is 1. The van der Waals surface area contributed by atoms with Crippen molar-refractivity contribution in [1.29, 1.82) is 0 Å². The summed E-state index contributed by atoms with van der Waals surface area (Å²) in [7, 11) is 3.40. The Labute approximate surface area is 154 Å². The van der Waals surface area contributed by atoms with Gasteiger partial charge in [-0.2, -0.15) is 0 Å². The molecule has 3 heterocycles. The van der Waals surface area contributed by atoms with Gasteiger partial charge in [-0.1, -0.05) is 12.1 Å². The third kappa shape index (κ3) is 2.90. The molecule has 0 bridgehead atoms. The molecule has 1 amide bonds. The van der Waals surface area contributed by atoms with Crippen LogP contribution in [0.5, 0.6) is 5.75 Å². The van der Waals surface area contributed by atoms with E-state index in [0.717, 1.165) is 50.5 Å². The molecule has 0 spiro atoms. The van der Waals surface area contributed by atoms with E-state index >= 15 is 0 Å². The molecule has 6 nitrogen and oxygen atoms in total. The Hall–Kier alpha value is -1.63. The Balaban J connectivity index is 1.51. The van der Waals surface area contributed by atoms with Crippen molar-refractivity contribution in [3.05, 3.63) is 29.8 Å². The molecule has 2 atom stereocenters. The molecular formula is C20H28N2O4. The number of hydrogen-bond donors (Lipinski definition) is 1. The maximum Gasteiger partial charge on any atom is 0.231 e. The van der Waals surface area contributed by atoms with E-state index in [4.69, 9.17) is 14.2 Å². The molecule has 26 heavy (non-hydrogen) atoms. The van der Waals surface area contributed by atoms with Crippen molar-refractivity contribution >= 4 is 5.91 Å². The van der Waals surface area contributed by atoms with Gasteiger partial charge in [0.1, 0.15) is 5.75 Å². The summed E-state index contributed by atoms with van der Waals surface area (Å²) >= 11 is 0. The first-order chi connectivity index (χ1) is 12.6. The predicted octanol–water partition coefficient (Wildman–Crippen LogP) is 0.949. The monoisotopic (exact) mass is 360 g/mol. The van der Waals surface area contributed by atoms with Crippen LogP contribution in [0.1, 0.15) is 5.56 Å². The summed E-state index contributed by atoms with van der Waals surface area (Å²) in [6.07, 6.45) is 0.741. The zero-order chi connectivity index (χ0) is 18.2. The lowest BCUT2D eigenvalue weighted by Gasteiger charge is -2.44. The SMILES string of the molecule is COC[C@@]12COC[C@@H]1CN(C(=O)C1(Cc3cccc(OC)c3)CNC1)C2. The van der Waals surface area contributed by atoms with Crippen molar-refractivity contribution in [2.75, 3.05) is 60.2 Å². The predicted molar refractivity (Wildman–Crippen MR) is 97.2 cm³/mol. The van der Waals surface area contributed by atoms with Crippen molar-refractivity contribution in [2.24, 2.45) is 16.7 Å². The van der Waals surface area contributed by atoms with Gasteiger partial charge >= 0.3 is 0 Å². The molecule has 4 rings (SSSR count). The summed E-state index contributed by atoms with van der Waals surface area (Å²) in [5.41, 5.74) is 0.771. The number of carbonyl (C=O) groups excluding carboxylic acids is 1. The van der Waals surface area contributed by atoms with Crippen LogP contribution in [0.4, 0.5) is 0 Å². The first-order valence-electron chi connectivity index (χ1n) is 9.31. The van der Waals surface area contributed by atoms with Gasteiger partial charge in [-0.15, -0.1) is 0 Å². The summed E-state index contributed by atoms with van der Waals surface area (Å²) < 4.78 is 16.5. The summed E-state index contributed by atoms with van der Waals surface area (Å²) in [4.78, 5) is 15.5. The minimum atomic E-state index is -0.347. The Bertz CT molecular complexity index is 676. The highest BCUT2D eigenvalue weighted by Crippen LogP contribution is 2.43. The number of methoxy groups -OCH3 is 2. The van der Waals surface area contributed by atoms with Crippen LogP contribution < -0.4 is 10.1 Å². The zero-order valence-electron chi connectivity index (χ0n) is 15.6. The second-order valence-electron chi connectivity index (χ2n) is 8.11. The van der Waals surface area contributed by atoms with Crippen LogP contribution in [0, 0.1) is 16.7 Å². The van der Waals surface area contributed by atoms with Crippen LogP contribution in [0.25, 0.3) is 0 Å². The fraction of sp³-hybridized carbons (Fsp3) is 0.650. The van der Waals surface area contributed by atoms with Gasteiger partial charge in [0.15, 0.2) is 0 Å². The van der Waals surface area contributed by atoms with E-state index < -0.39 is 0 Å². The summed E-state index contributed by atoms with van der Waals surface area (Å²) in [5.74, 6) is 1.49. The maximum atomic E-state index is 13.5. The van der Waals surface area contributed by atoms with Crippen LogP contribution in [-0.2, 0) is 20.7 Å². The third-order valence-corrected chi connectivity index (χ3v) is 6.30. The fourth-order valence-corrected chi connectivity index (χ4v) is 4.77. The molecule has 3 saturated heterocycles. The Morgan fingerprint density at radius 2 is 2.23 bits per heavy atom. The molecule has 0 unspecified atom stereocenters. The summed E-state index contributed by atoms with van der Waals surface area (Å²) in [6, 6.07) is 8.04. The highest BCUT2D eigenvalue weighted by molar-refractivity contribution is 5.85. The lowest BCUT2D eigenvalue weighted by molar-refractivity contribution is -0.145. The second-order valence-corrected chi connectivity index (χ2v) is 8.11. The third-order valence-electron chi connectivity index (χ3n) is 6.30. The van der Waals surface area contributed by atoms with E-state index in [1.807, 2.05) is 18.2 Å². The van der Waals surface area contributed by atoms with Crippen molar-refractivity contribution in [3.63, 3.8) is 0 Å². The minimum absolute atomic E-state index is 0.0290. The molecule has 1 aromatic carbocycles. The molecule has 3 fully saturated rings. The van der Waals surface area contributed by atoms with Gasteiger partial charge in [0.25, 0.3) is 0 Å². The van der Waals surface area contributed by atoms with Gasteiger partial charge in [0, 0.05) is 44.6 Å². The number of benzene rings is 1. The van der Waals surface area contributed by atoms with Crippen molar-refractivity contribution in [2.45, 2.75) is 6.42 Å². The number of amides is 1. The Morgan fingerprint density at radius 1 is 1.38 bits per heavy atom. The van der Waals surface area contributed by atoms with Crippen molar-refractivity contribution in [1.82, 2.24) is 10.2 Å². The average Bonchev–Trinajstić information content (AvgIpc) is 3.15. The number of carbonyl (C=O) groups is 1. The first kappa shape index (κ1) is 17.8. The van der Waals surface area contributed by atoms with Crippen LogP contribution in [0.3, 0.4) is 0 Å². The number of rotatable bonds is 6. The van der Waals surface area contributed by atoms with E-state index in [1.165, 1.54) is 0 Å². The normalized spacial score (nSPS) is 29.3. The van der Waals surface area contributed by atoms with Crippen LogP contribution in [0.15, 0.2) is 24.3 Å². The van der Waals surface area contributed by atoms with Crippen LogP contribution in [-0.4, -0.2) is 71.0 Å². The number of ether oxygens (including phenoxy) is 3. The van der Waals surface area contributed by atoms with Gasteiger partial charge in [-0.25, -0.2) is 0 Å². The summed E-state index contributed by atoms with van der Waals surface area (Å²) in [6.45, 7) is 5.06. The highest BCUT2D eigenvalue weighted by atomic mass is 16.5. The van der Waals surface area contributed by atoms with Crippen molar-refractivity contribution in [3.8, 4) is 5.75 Å². The molecule has 0 aromatic heterocycles. The Morgan fingerprint density at radius 3 is 2.92 bits per heavy atom. The molecule has 1 aromatic rings. The van der Waals surface area contributed by atoms with Crippen molar-refractivity contribution < 1.29 is 19.0 Å². The lowest BCUT2D eigenvalue weighted by Crippen LogP contribution is -2.63. The second kappa shape index (κ2) is 6.83. The van der Waals surface area contributed by atoms with Crippen LogP contribution >= 0.6 is 0 Å². The number of fused-ring (bicyclic) bond motifs is 1. The maximum absolute atomic E-state index is 13.5. The average molecular weight is 360 g/mol. The van der Waals surface area contributed by atoms with Gasteiger partial charge in [-0.05, 0) is 24.1 Å². The first-order valence-corrected chi connectivity index (χ1v) is 9.31. The molecule has 0 aliphatic carbocycles. The molecule has 1 N–H and O–H groups in total. The van der Waals surface area contributed by atoms with Crippen LogP contribution in [0.2, 0.25) is 0 Å². The molecular weight excluding hydrogens is 332 g/mol. The highest BCUT2D eigenvalue weighted by Gasteiger charge is 2.55. The van der Waals surface area contributed by atoms with E-state index in [1.54, 1.807) is 14.2 Å². The number of hydrogen-bond acceptors (Lipinski definition) is 5. The van der Waals surface area contributed by atoms with E-state index in [9.17, 15) is 4.79 Å². The lowest BCUT2D eigenvalue weighted by atomic mass is 9.75. The Kier molecular flexibility index (Phi) is 4.67. The van der Waals surface area contributed by atoms with Gasteiger partial charge in [0.2, 0.25) is 5.91 Å². The number of nitrogens with one attached hydrogen (secondary N) is 1. The molecule has 6 heteroatoms. The van der Waals surface area contributed by atoms with Gasteiger partial charge < -0.3 is 24.4 Å². The largest absolute Gasteiger partial charge is 0.497 e. The topological polar surface area (TPSA) is 60.0 Å². The molecule has 0 saturated carbocycles. The quantitative estimate of drug-likeness (QED) is 0.819. The molecule has 3 aliphatic heterocycles. The minimum Gasteiger partial charge on any atom is -0.497 e.